The van der Waals surface area contributed by atoms with E-state index >= 15 is 0 Å². The Morgan fingerprint density at radius 1 is 1.42 bits per heavy atom. The molecule has 4 heteroatoms. The average molecular weight is 261 g/mol. The Hall–Kier alpha value is -1.57. The normalized spacial score (nSPS) is 10.5. The highest BCUT2D eigenvalue weighted by Gasteiger charge is 2.14. The molecule has 0 aromatic heterocycles. The fraction of sp³-hybridized carbons (Fsp3) is 0.533. The third-order valence-corrected chi connectivity index (χ3v) is 3.03. The van der Waals surface area contributed by atoms with Crippen LogP contribution in [0.25, 0.3) is 0 Å². The van der Waals surface area contributed by atoms with Crippen LogP contribution in [0.5, 0.6) is 0 Å². The van der Waals surface area contributed by atoms with Gasteiger partial charge in [0.25, 0.3) is 0 Å². The lowest BCUT2D eigenvalue weighted by Gasteiger charge is -2.29. The van der Waals surface area contributed by atoms with E-state index in [1.807, 2.05) is 18.2 Å². The first kappa shape index (κ1) is 15.5. The Morgan fingerprint density at radius 2 is 2.16 bits per heavy atom. The number of rotatable bonds is 7. The first-order valence-corrected chi connectivity index (χ1v) is 6.75. The molecule has 0 saturated heterocycles. The van der Waals surface area contributed by atoms with Crippen molar-refractivity contribution in [2.45, 2.75) is 33.4 Å². The fourth-order valence-corrected chi connectivity index (χ4v) is 2.07. The third-order valence-electron chi connectivity index (χ3n) is 3.03. The predicted molar refractivity (Wildman–Crippen MR) is 78.1 cm³/mol. The highest BCUT2D eigenvalue weighted by atomic mass is 16.3. The van der Waals surface area contributed by atoms with Crippen molar-refractivity contribution in [3.8, 4) is 6.07 Å². The summed E-state index contributed by atoms with van der Waals surface area (Å²) < 4.78 is 0. The van der Waals surface area contributed by atoms with Gasteiger partial charge < -0.3 is 15.3 Å². The van der Waals surface area contributed by atoms with Gasteiger partial charge in [-0.3, -0.25) is 0 Å². The first-order valence-electron chi connectivity index (χ1n) is 6.75. The van der Waals surface area contributed by atoms with E-state index in [0.29, 0.717) is 12.1 Å². The molecular weight excluding hydrogens is 238 g/mol. The number of benzene rings is 1. The summed E-state index contributed by atoms with van der Waals surface area (Å²) in [7, 11) is 0. The average Bonchev–Trinajstić information content (AvgIpc) is 2.42. The van der Waals surface area contributed by atoms with Gasteiger partial charge in [-0.2, -0.15) is 5.26 Å². The van der Waals surface area contributed by atoms with Crippen LogP contribution in [0.15, 0.2) is 18.2 Å². The maximum absolute atomic E-state index is 9.31. The molecule has 0 aliphatic carbocycles. The molecule has 19 heavy (non-hydrogen) atoms. The van der Waals surface area contributed by atoms with E-state index < -0.39 is 0 Å². The van der Waals surface area contributed by atoms with E-state index in [0.717, 1.165) is 24.3 Å². The van der Waals surface area contributed by atoms with E-state index in [9.17, 15) is 5.26 Å². The summed E-state index contributed by atoms with van der Waals surface area (Å²) in [6, 6.07) is 8.43. The summed E-state index contributed by atoms with van der Waals surface area (Å²) >= 11 is 0. The highest BCUT2D eigenvalue weighted by Crippen LogP contribution is 2.23. The van der Waals surface area contributed by atoms with Crippen LogP contribution in [0.4, 0.5) is 5.69 Å². The molecule has 0 heterocycles. The Morgan fingerprint density at radius 3 is 2.68 bits per heavy atom. The lowest BCUT2D eigenvalue weighted by molar-refractivity contribution is 0.299. The van der Waals surface area contributed by atoms with Crippen molar-refractivity contribution in [2.24, 2.45) is 0 Å². The zero-order valence-electron chi connectivity index (χ0n) is 12.0. The molecule has 0 aliphatic heterocycles. The Labute approximate surface area is 115 Å². The number of hydrogen-bond donors (Lipinski definition) is 2. The Bertz CT molecular complexity index is 438. The molecular formula is C15H23N3O. The van der Waals surface area contributed by atoms with Gasteiger partial charge in [-0.25, -0.2) is 0 Å². The minimum atomic E-state index is 0.0855. The van der Waals surface area contributed by atoms with Crippen molar-refractivity contribution < 1.29 is 5.11 Å². The van der Waals surface area contributed by atoms with Crippen LogP contribution in [0, 0.1) is 11.3 Å². The molecule has 2 N–H and O–H groups in total. The summed E-state index contributed by atoms with van der Waals surface area (Å²) in [5.41, 5.74) is 2.67. The molecule has 0 spiro atoms. The summed E-state index contributed by atoms with van der Waals surface area (Å²) in [6.07, 6.45) is 0. The second-order valence-electron chi connectivity index (χ2n) is 4.75. The van der Waals surface area contributed by atoms with Crippen molar-refractivity contribution >= 4 is 5.69 Å². The molecule has 0 aliphatic rings. The molecule has 4 nitrogen and oxygen atoms in total. The smallest absolute Gasteiger partial charge is 0.101 e. The van der Waals surface area contributed by atoms with Crippen LogP contribution in [0.2, 0.25) is 0 Å². The largest absolute Gasteiger partial charge is 0.395 e. The lowest BCUT2D eigenvalue weighted by Crippen LogP contribution is -2.34. The minimum absolute atomic E-state index is 0.0855. The summed E-state index contributed by atoms with van der Waals surface area (Å²) in [5, 5.41) is 21.7. The second-order valence-corrected chi connectivity index (χ2v) is 4.75. The van der Waals surface area contributed by atoms with Gasteiger partial charge >= 0.3 is 0 Å². The standard InChI is InChI=1S/C15H23N3O/c1-4-17-11-13-5-6-15(14(9-13)10-16)18(7-8-19)12(2)3/h5-6,9,12,17,19H,4,7-8,11H2,1-3H3. The number of nitrogens with one attached hydrogen (secondary N) is 1. The predicted octanol–water partition coefficient (Wildman–Crippen LogP) is 1.87. The Balaban J connectivity index is 3.03. The number of nitriles is 1. The fourth-order valence-electron chi connectivity index (χ4n) is 2.07. The molecule has 0 amide bonds. The number of anilines is 1. The van der Waals surface area contributed by atoms with Gasteiger partial charge in [0.1, 0.15) is 6.07 Å². The highest BCUT2D eigenvalue weighted by molar-refractivity contribution is 5.61. The second kappa shape index (κ2) is 7.78. The van der Waals surface area contributed by atoms with E-state index in [2.05, 4.69) is 37.1 Å². The van der Waals surface area contributed by atoms with Gasteiger partial charge in [-0.1, -0.05) is 13.0 Å². The zero-order valence-corrected chi connectivity index (χ0v) is 12.0. The molecule has 0 bridgehead atoms. The number of aliphatic hydroxyl groups is 1. The molecule has 0 atom stereocenters. The van der Waals surface area contributed by atoms with Crippen LogP contribution >= 0.6 is 0 Å². The van der Waals surface area contributed by atoms with E-state index in [-0.39, 0.29) is 12.6 Å². The van der Waals surface area contributed by atoms with Crippen molar-refractivity contribution in [1.82, 2.24) is 5.32 Å². The minimum Gasteiger partial charge on any atom is -0.395 e. The summed E-state index contributed by atoms with van der Waals surface area (Å²) in [5.74, 6) is 0. The van der Waals surface area contributed by atoms with Gasteiger partial charge in [0.05, 0.1) is 17.9 Å². The van der Waals surface area contributed by atoms with Crippen LogP contribution in [0.1, 0.15) is 31.9 Å². The van der Waals surface area contributed by atoms with Crippen molar-refractivity contribution in [1.29, 1.82) is 5.26 Å². The topological polar surface area (TPSA) is 59.3 Å². The van der Waals surface area contributed by atoms with Crippen LogP contribution in [0.3, 0.4) is 0 Å². The molecule has 0 fully saturated rings. The van der Waals surface area contributed by atoms with Gasteiger partial charge in [-0.05, 0) is 38.1 Å². The molecule has 0 radical (unpaired) electrons. The van der Waals surface area contributed by atoms with E-state index in [4.69, 9.17) is 5.11 Å². The third kappa shape index (κ3) is 4.23. The monoisotopic (exact) mass is 261 g/mol. The summed E-state index contributed by atoms with van der Waals surface area (Å²) in [6.45, 7) is 8.48. The van der Waals surface area contributed by atoms with Crippen molar-refractivity contribution in [2.75, 3.05) is 24.6 Å². The maximum atomic E-state index is 9.31. The number of nitrogens with zero attached hydrogens (tertiary/aromatic N) is 2. The van der Waals surface area contributed by atoms with Gasteiger partial charge in [-0.15, -0.1) is 0 Å². The molecule has 104 valence electrons. The SMILES string of the molecule is CCNCc1ccc(N(CCO)C(C)C)c(C#N)c1. The van der Waals surface area contributed by atoms with Crippen LogP contribution < -0.4 is 10.2 Å². The Kier molecular flexibility index (Phi) is 6.34. The quantitative estimate of drug-likeness (QED) is 0.786. The molecule has 0 unspecified atom stereocenters. The van der Waals surface area contributed by atoms with Gasteiger partial charge in [0, 0.05) is 19.1 Å². The van der Waals surface area contributed by atoms with Crippen molar-refractivity contribution in [3.63, 3.8) is 0 Å². The van der Waals surface area contributed by atoms with E-state index in [1.54, 1.807) is 0 Å². The summed E-state index contributed by atoms with van der Waals surface area (Å²) in [4.78, 5) is 2.05. The van der Waals surface area contributed by atoms with Gasteiger partial charge in [0.2, 0.25) is 0 Å². The van der Waals surface area contributed by atoms with Crippen LogP contribution in [-0.4, -0.2) is 30.8 Å². The van der Waals surface area contributed by atoms with E-state index in [1.165, 1.54) is 0 Å². The molecule has 1 aromatic carbocycles. The maximum Gasteiger partial charge on any atom is 0.101 e. The van der Waals surface area contributed by atoms with Crippen molar-refractivity contribution in [3.05, 3.63) is 29.3 Å². The molecule has 0 saturated carbocycles. The molecule has 1 aromatic rings. The zero-order chi connectivity index (χ0) is 14.3. The van der Waals surface area contributed by atoms with Gasteiger partial charge in [0.15, 0.2) is 0 Å². The molecule has 1 rings (SSSR count). The first-order chi connectivity index (χ1) is 9.13. The number of aliphatic hydroxyl groups excluding tert-OH is 1. The lowest BCUT2D eigenvalue weighted by atomic mass is 10.1. The van der Waals surface area contributed by atoms with Crippen LogP contribution in [-0.2, 0) is 6.54 Å². The number of hydrogen-bond acceptors (Lipinski definition) is 4.